The van der Waals surface area contributed by atoms with Crippen LogP contribution in [0.4, 0.5) is 13.2 Å². The Morgan fingerprint density at radius 3 is 2.66 bits per heavy atom. The molecule has 0 aliphatic heterocycles. The van der Waals surface area contributed by atoms with Crippen LogP contribution in [0.3, 0.4) is 0 Å². The summed E-state index contributed by atoms with van der Waals surface area (Å²) in [4.78, 5) is 15.6. The number of nitrogens with zero attached hydrogens (tertiary/aromatic N) is 1. The summed E-state index contributed by atoms with van der Waals surface area (Å²) in [5, 5.41) is 0.751. The topological polar surface area (TPSA) is 61.6 Å². The number of hydrogen-bond acceptors (Lipinski definition) is 5. The maximum atomic E-state index is 14.6. The molecule has 0 aliphatic rings. The molecule has 0 atom stereocenters. The molecule has 0 fully saturated rings. The maximum Gasteiger partial charge on any atom is 0.310 e. The number of hydrogen-bond donors (Lipinski definition) is 0. The van der Waals surface area contributed by atoms with Gasteiger partial charge in [-0.2, -0.15) is 4.39 Å². The third kappa shape index (κ3) is 4.40. The zero-order valence-corrected chi connectivity index (χ0v) is 17.4. The van der Waals surface area contributed by atoms with E-state index >= 15 is 0 Å². The first-order valence-electron chi connectivity index (χ1n) is 9.37. The second-order valence-electron chi connectivity index (χ2n) is 6.83. The number of aromatic nitrogens is 1. The van der Waals surface area contributed by atoms with Crippen LogP contribution in [0.1, 0.15) is 11.1 Å². The van der Waals surface area contributed by atoms with E-state index in [2.05, 4.69) is 9.72 Å². The van der Waals surface area contributed by atoms with Crippen LogP contribution < -0.4 is 4.74 Å². The molecule has 0 saturated carbocycles. The van der Waals surface area contributed by atoms with E-state index in [-0.39, 0.29) is 41.3 Å². The van der Waals surface area contributed by atoms with Gasteiger partial charge in [-0.15, -0.1) is 0 Å². The van der Waals surface area contributed by atoms with E-state index in [4.69, 9.17) is 20.8 Å². The Morgan fingerprint density at radius 2 is 1.88 bits per heavy atom. The molecule has 0 saturated heterocycles. The number of ether oxygens (including phenoxy) is 2. The Hall–Kier alpha value is -3.52. The second kappa shape index (κ2) is 8.92. The van der Waals surface area contributed by atoms with E-state index < -0.39 is 23.6 Å². The predicted molar refractivity (Wildman–Crippen MR) is 111 cm³/mol. The molecule has 2 aromatic heterocycles. The van der Waals surface area contributed by atoms with Gasteiger partial charge in [-0.25, -0.2) is 13.8 Å². The molecule has 2 aromatic carbocycles. The highest BCUT2D eigenvalue weighted by Crippen LogP contribution is 2.30. The first-order valence-corrected chi connectivity index (χ1v) is 9.75. The number of esters is 1. The number of carbonyl (C=O) groups excluding carboxylic acids is 1. The number of carbonyl (C=O) groups is 1. The smallest absolute Gasteiger partial charge is 0.310 e. The molecule has 164 valence electrons. The lowest BCUT2D eigenvalue weighted by Gasteiger charge is -2.10. The summed E-state index contributed by atoms with van der Waals surface area (Å²) in [6, 6.07) is 10.1. The van der Waals surface area contributed by atoms with Gasteiger partial charge in [0.05, 0.1) is 24.2 Å². The summed E-state index contributed by atoms with van der Waals surface area (Å²) in [7, 11) is 1.16. The van der Waals surface area contributed by atoms with E-state index in [0.717, 1.165) is 19.2 Å². The predicted octanol–water partition coefficient (Wildman–Crippen LogP) is 5.86. The first kappa shape index (κ1) is 21.7. The van der Waals surface area contributed by atoms with Crippen LogP contribution in [0.25, 0.3) is 22.2 Å². The van der Waals surface area contributed by atoms with Crippen LogP contribution in [0.2, 0.25) is 5.02 Å². The van der Waals surface area contributed by atoms with E-state index in [1.54, 1.807) is 24.3 Å². The average molecular weight is 462 g/mol. The quantitative estimate of drug-likeness (QED) is 0.336. The largest absolute Gasteiger partial charge is 0.473 e. The van der Waals surface area contributed by atoms with Crippen LogP contribution in [0, 0.1) is 17.6 Å². The standard InChI is InChI=1S/C23H15ClF3NO4/c1-30-22(29)8-13-7-18(26)15(9-17(13)25)19-3-2-4-21(28-19)31-11-12-5-6-16(24)14-10-20(27)32-23(12)14/h2-7,9-10H,8,11H2,1H3. The van der Waals surface area contributed by atoms with E-state index in [0.29, 0.717) is 16.0 Å². The summed E-state index contributed by atoms with van der Waals surface area (Å²) in [6.45, 7) is -0.0218. The minimum atomic E-state index is -0.775. The Kier molecular flexibility index (Phi) is 6.05. The van der Waals surface area contributed by atoms with Crippen molar-refractivity contribution in [2.75, 3.05) is 7.11 Å². The highest BCUT2D eigenvalue weighted by Gasteiger charge is 2.16. The molecule has 4 rings (SSSR count). The van der Waals surface area contributed by atoms with Crippen molar-refractivity contribution >= 4 is 28.5 Å². The lowest BCUT2D eigenvalue weighted by Crippen LogP contribution is -2.07. The molecular weight excluding hydrogens is 447 g/mol. The number of methoxy groups -OCH3 is 1. The van der Waals surface area contributed by atoms with Gasteiger partial charge in [-0.1, -0.05) is 23.7 Å². The minimum absolute atomic E-state index is 0.0218. The van der Waals surface area contributed by atoms with Gasteiger partial charge in [-0.3, -0.25) is 4.79 Å². The fraction of sp³-hybridized carbons (Fsp3) is 0.130. The molecule has 0 radical (unpaired) electrons. The Bertz CT molecular complexity index is 1320. The Morgan fingerprint density at radius 1 is 1.06 bits per heavy atom. The second-order valence-corrected chi connectivity index (χ2v) is 7.23. The zero-order chi connectivity index (χ0) is 22.8. The van der Waals surface area contributed by atoms with Gasteiger partial charge in [0, 0.05) is 34.2 Å². The molecule has 0 unspecified atom stereocenters. The van der Waals surface area contributed by atoms with Crippen molar-refractivity contribution in [3.63, 3.8) is 0 Å². The third-order valence-electron chi connectivity index (χ3n) is 4.76. The number of halogens is 4. The molecule has 0 N–H and O–H groups in total. The normalized spacial score (nSPS) is 11.0. The van der Waals surface area contributed by atoms with E-state index in [1.165, 1.54) is 12.1 Å². The van der Waals surface area contributed by atoms with Gasteiger partial charge in [0.25, 0.3) is 6.01 Å². The Labute approximate surface area is 185 Å². The van der Waals surface area contributed by atoms with Gasteiger partial charge in [0.1, 0.15) is 23.8 Å². The molecule has 9 heteroatoms. The van der Waals surface area contributed by atoms with Crippen LogP contribution >= 0.6 is 11.6 Å². The van der Waals surface area contributed by atoms with Crippen molar-refractivity contribution in [3.05, 3.63) is 82.3 Å². The lowest BCUT2D eigenvalue weighted by atomic mass is 10.0. The summed E-state index contributed by atoms with van der Waals surface area (Å²) in [5.41, 5.74) is 0.700. The van der Waals surface area contributed by atoms with Crippen LogP contribution in [0.15, 0.2) is 52.9 Å². The molecule has 0 amide bonds. The number of rotatable bonds is 6. The lowest BCUT2D eigenvalue weighted by molar-refractivity contribution is -0.139. The summed E-state index contributed by atoms with van der Waals surface area (Å²) in [5.74, 6) is -2.06. The third-order valence-corrected chi connectivity index (χ3v) is 5.08. The highest BCUT2D eigenvalue weighted by atomic mass is 35.5. The molecule has 2 heterocycles. The number of furan rings is 1. The number of benzene rings is 2. The van der Waals surface area contributed by atoms with Crippen LogP contribution in [0.5, 0.6) is 5.88 Å². The fourth-order valence-electron chi connectivity index (χ4n) is 3.17. The molecule has 4 aromatic rings. The molecule has 5 nitrogen and oxygen atoms in total. The number of pyridine rings is 1. The van der Waals surface area contributed by atoms with Gasteiger partial charge in [0.2, 0.25) is 5.88 Å². The summed E-state index contributed by atoms with van der Waals surface area (Å²) in [6.07, 6.45) is -0.390. The molecule has 32 heavy (non-hydrogen) atoms. The monoisotopic (exact) mass is 461 g/mol. The van der Waals surface area contributed by atoms with Gasteiger partial charge >= 0.3 is 5.97 Å². The minimum Gasteiger partial charge on any atom is -0.473 e. The highest BCUT2D eigenvalue weighted by molar-refractivity contribution is 6.35. The van der Waals surface area contributed by atoms with Crippen molar-refractivity contribution < 1.29 is 31.9 Å². The van der Waals surface area contributed by atoms with Crippen molar-refractivity contribution in [3.8, 4) is 17.1 Å². The van der Waals surface area contributed by atoms with E-state index in [1.807, 2.05) is 0 Å². The molecule has 0 spiro atoms. The SMILES string of the molecule is COC(=O)Cc1cc(F)c(-c2cccc(OCc3ccc(Cl)c4cc(F)oc34)n2)cc1F. The Balaban J connectivity index is 1.58. The van der Waals surface area contributed by atoms with Crippen LogP contribution in [-0.4, -0.2) is 18.1 Å². The van der Waals surface area contributed by atoms with Crippen molar-refractivity contribution in [2.24, 2.45) is 0 Å². The van der Waals surface area contributed by atoms with Crippen molar-refractivity contribution in [2.45, 2.75) is 13.0 Å². The first-order chi connectivity index (χ1) is 15.4. The molecule has 0 aliphatic carbocycles. The van der Waals surface area contributed by atoms with Crippen molar-refractivity contribution in [1.29, 1.82) is 0 Å². The fourth-order valence-corrected chi connectivity index (χ4v) is 3.38. The summed E-state index contributed by atoms with van der Waals surface area (Å²) < 4.78 is 57.7. The molecule has 0 bridgehead atoms. The van der Waals surface area contributed by atoms with Crippen molar-refractivity contribution in [1.82, 2.24) is 4.98 Å². The maximum absolute atomic E-state index is 14.6. The van der Waals surface area contributed by atoms with Gasteiger partial charge < -0.3 is 13.9 Å². The van der Waals surface area contributed by atoms with Crippen LogP contribution in [-0.2, 0) is 22.6 Å². The summed E-state index contributed by atoms with van der Waals surface area (Å²) >= 11 is 6.05. The zero-order valence-electron chi connectivity index (χ0n) is 16.6. The van der Waals surface area contributed by atoms with E-state index in [9.17, 15) is 18.0 Å². The van der Waals surface area contributed by atoms with Gasteiger partial charge in [0.15, 0.2) is 0 Å². The average Bonchev–Trinajstić information content (AvgIpc) is 3.18. The molecular formula is C23H15ClF3NO4. The van der Waals surface area contributed by atoms with Gasteiger partial charge in [-0.05, 0) is 24.3 Å². The number of fused-ring (bicyclic) bond motifs is 1.